The molecule has 1 saturated heterocycles. The van der Waals surface area contributed by atoms with E-state index in [4.69, 9.17) is 4.74 Å². The van der Waals surface area contributed by atoms with E-state index in [0.717, 1.165) is 19.3 Å². The van der Waals surface area contributed by atoms with Crippen molar-refractivity contribution < 1.29 is 17.9 Å². The number of carbonyl (C=O) groups excluding carboxylic acids is 1. The maximum Gasteiger partial charge on any atom is 0.253 e. The van der Waals surface area contributed by atoms with Crippen LogP contribution in [0.5, 0.6) is 0 Å². The summed E-state index contributed by atoms with van der Waals surface area (Å²) in [6.07, 6.45) is 2.53. The van der Waals surface area contributed by atoms with E-state index in [0.29, 0.717) is 31.8 Å². The third-order valence-corrected chi connectivity index (χ3v) is 7.58. The molecule has 2 aromatic rings. The molecule has 0 aliphatic carbocycles. The smallest absolute Gasteiger partial charge is 0.253 e. The highest BCUT2D eigenvalue weighted by Gasteiger charge is 2.27. The molecule has 0 radical (unpaired) electrons. The fourth-order valence-electron chi connectivity index (χ4n) is 3.98. The lowest BCUT2D eigenvalue weighted by molar-refractivity contribution is 0.00985. The Morgan fingerprint density at radius 3 is 2.41 bits per heavy atom. The average Bonchev–Trinajstić information content (AvgIpc) is 3.29. The third-order valence-electron chi connectivity index (χ3n) is 5.67. The average molecular weight is 415 g/mol. The molecule has 154 valence electrons. The summed E-state index contributed by atoms with van der Waals surface area (Å²) in [5, 5.41) is 0. The van der Waals surface area contributed by atoms with Gasteiger partial charge in [-0.05, 0) is 48.2 Å². The number of hydrogen-bond donors (Lipinski definition) is 0. The van der Waals surface area contributed by atoms with E-state index >= 15 is 0 Å². The van der Waals surface area contributed by atoms with E-state index in [9.17, 15) is 13.2 Å². The van der Waals surface area contributed by atoms with Crippen LogP contribution in [0.3, 0.4) is 0 Å². The predicted octanol–water partition coefficient (Wildman–Crippen LogP) is 2.68. The van der Waals surface area contributed by atoms with Gasteiger partial charge in [0.2, 0.25) is 10.0 Å². The molecular formula is C22H26N2O4S. The Morgan fingerprint density at radius 1 is 1.07 bits per heavy atom. The number of benzene rings is 2. The number of ether oxygens (including phenoxy) is 1. The van der Waals surface area contributed by atoms with Crippen LogP contribution >= 0.6 is 0 Å². The summed E-state index contributed by atoms with van der Waals surface area (Å²) in [6, 6.07) is 14.5. The van der Waals surface area contributed by atoms with Crippen LogP contribution in [0.25, 0.3) is 0 Å². The molecular weight excluding hydrogens is 388 g/mol. The van der Waals surface area contributed by atoms with Crippen molar-refractivity contribution in [3.63, 3.8) is 0 Å². The maximum atomic E-state index is 12.8. The first-order valence-electron chi connectivity index (χ1n) is 9.99. The van der Waals surface area contributed by atoms with Crippen molar-refractivity contribution in [2.24, 2.45) is 0 Å². The number of hydrogen-bond acceptors (Lipinski definition) is 4. The van der Waals surface area contributed by atoms with Crippen LogP contribution in [0.1, 0.15) is 34.3 Å². The molecule has 2 aliphatic heterocycles. The zero-order valence-corrected chi connectivity index (χ0v) is 17.4. The lowest BCUT2D eigenvalue weighted by Crippen LogP contribution is -2.38. The summed E-state index contributed by atoms with van der Waals surface area (Å²) in [5.41, 5.74) is 2.94. The number of nitrogens with zero attached hydrogens (tertiary/aromatic N) is 2. The van der Waals surface area contributed by atoms with Crippen molar-refractivity contribution in [1.82, 2.24) is 9.21 Å². The topological polar surface area (TPSA) is 66.9 Å². The van der Waals surface area contributed by atoms with Gasteiger partial charge in [0.1, 0.15) is 0 Å². The molecule has 0 saturated carbocycles. The van der Waals surface area contributed by atoms with Crippen LogP contribution in [-0.4, -0.2) is 56.3 Å². The highest BCUT2D eigenvalue weighted by molar-refractivity contribution is 7.89. The Morgan fingerprint density at radius 2 is 1.72 bits per heavy atom. The Balaban J connectivity index is 1.40. The van der Waals surface area contributed by atoms with E-state index in [-0.39, 0.29) is 16.9 Å². The number of carbonyl (C=O) groups is 1. The number of amides is 1. The number of likely N-dealkylation sites (N-methyl/N-ethyl adjacent to an activating group) is 1. The summed E-state index contributed by atoms with van der Waals surface area (Å²) in [7, 11) is -1.71. The molecule has 2 aromatic carbocycles. The standard InChI is InChI=1S/C22H26N2O4S/c1-23(15-20-14-18-6-2-3-7-19(18)16-28-20)22(25)17-8-10-21(11-9-17)29(26,27)24-12-4-5-13-24/h2-3,6-11,20H,4-5,12-16H2,1H3. The van der Waals surface area contributed by atoms with Gasteiger partial charge in [-0.15, -0.1) is 0 Å². The Hall–Kier alpha value is -2.22. The minimum Gasteiger partial charge on any atom is -0.371 e. The van der Waals surface area contributed by atoms with E-state index in [1.54, 1.807) is 24.1 Å². The Kier molecular flexibility index (Phi) is 5.72. The summed E-state index contributed by atoms with van der Waals surface area (Å²) >= 11 is 0. The SMILES string of the molecule is CN(CC1Cc2ccccc2CO1)C(=O)c1ccc(S(=O)(=O)N2CCCC2)cc1. The number of fused-ring (bicyclic) bond motifs is 1. The third kappa shape index (κ3) is 4.22. The molecule has 0 aromatic heterocycles. The van der Waals surface area contributed by atoms with Gasteiger partial charge in [-0.1, -0.05) is 24.3 Å². The lowest BCUT2D eigenvalue weighted by atomic mass is 9.99. The normalized spacial score (nSPS) is 19.7. The number of sulfonamides is 1. The van der Waals surface area contributed by atoms with Crippen molar-refractivity contribution in [2.45, 2.75) is 36.9 Å². The molecule has 6 nitrogen and oxygen atoms in total. The highest BCUT2D eigenvalue weighted by Crippen LogP contribution is 2.23. The predicted molar refractivity (Wildman–Crippen MR) is 110 cm³/mol. The summed E-state index contributed by atoms with van der Waals surface area (Å²) in [6.45, 7) is 2.18. The van der Waals surface area contributed by atoms with Crippen LogP contribution in [0.2, 0.25) is 0 Å². The van der Waals surface area contributed by atoms with Gasteiger partial charge >= 0.3 is 0 Å². The second kappa shape index (κ2) is 8.26. The molecule has 2 aliphatic rings. The van der Waals surface area contributed by atoms with Gasteiger partial charge in [0.05, 0.1) is 17.6 Å². The van der Waals surface area contributed by atoms with Gasteiger partial charge in [0.15, 0.2) is 0 Å². The highest BCUT2D eigenvalue weighted by atomic mass is 32.2. The van der Waals surface area contributed by atoms with Crippen LogP contribution in [0, 0.1) is 0 Å². The molecule has 1 amide bonds. The van der Waals surface area contributed by atoms with E-state index in [1.165, 1.54) is 27.6 Å². The first-order valence-corrected chi connectivity index (χ1v) is 11.4. The fraction of sp³-hybridized carbons (Fsp3) is 0.409. The molecule has 1 atom stereocenters. The minimum absolute atomic E-state index is 0.0475. The molecule has 7 heteroatoms. The molecule has 1 fully saturated rings. The van der Waals surface area contributed by atoms with Crippen LogP contribution in [0.15, 0.2) is 53.4 Å². The fourth-order valence-corrected chi connectivity index (χ4v) is 5.50. The van der Waals surface area contributed by atoms with E-state index in [2.05, 4.69) is 12.1 Å². The Bertz CT molecular complexity index is 982. The monoisotopic (exact) mass is 414 g/mol. The molecule has 1 unspecified atom stereocenters. The first-order chi connectivity index (χ1) is 13.9. The summed E-state index contributed by atoms with van der Waals surface area (Å²) in [5.74, 6) is -0.141. The molecule has 4 rings (SSSR count). The molecule has 2 heterocycles. The molecule has 29 heavy (non-hydrogen) atoms. The maximum absolute atomic E-state index is 12.8. The minimum atomic E-state index is -3.46. The quantitative estimate of drug-likeness (QED) is 0.755. The van der Waals surface area contributed by atoms with Gasteiger partial charge in [-0.3, -0.25) is 4.79 Å². The molecule has 0 bridgehead atoms. The van der Waals surface area contributed by atoms with Gasteiger partial charge < -0.3 is 9.64 Å². The van der Waals surface area contributed by atoms with Gasteiger partial charge in [0, 0.05) is 38.7 Å². The number of rotatable bonds is 5. The van der Waals surface area contributed by atoms with Crippen LogP contribution < -0.4 is 0 Å². The van der Waals surface area contributed by atoms with Gasteiger partial charge in [0.25, 0.3) is 5.91 Å². The first kappa shape index (κ1) is 20.1. The largest absolute Gasteiger partial charge is 0.371 e. The zero-order valence-electron chi connectivity index (χ0n) is 16.6. The van der Waals surface area contributed by atoms with Crippen LogP contribution in [-0.2, 0) is 27.8 Å². The summed E-state index contributed by atoms with van der Waals surface area (Å²) in [4.78, 5) is 14.7. The van der Waals surface area contributed by atoms with Crippen molar-refractivity contribution in [1.29, 1.82) is 0 Å². The van der Waals surface area contributed by atoms with E-state index in [1.807, 2.05) is 12.1 Å². The zero-order chi connectivity index (χ0) is 20.4. The van der Waals surface area contributed by atoms with Crippen molar-refractivity contribution in [2.75, 3.05) is 26.7 Å². The van der Waals surface area contributed by atoms with Crippen molar-refractivity contribution in [3.8, 4) is 0 Å². The second-order valence-electron chi connectivity index (χ2n) is 7.73. The van der Waals surface area contributed by atoms with Crippen molar-refractivity contribution >= 4 is 15.9 Å². The van der Waals surface area contributed by atoms with Gasteiger partial charge in [-0.25, -0.2) is 8.42 Å². The molecule has 0 spiro atoms. The van der Waals surface area contributed by atoms with Gasteiger partial charge in [-0.2, -0.15) is 4.31 Å². The lowest BCUT2D eigenvalue weighted by Gasteiger charge is -2.29. The molecule has 0 N–H and O–H groups in total. The Labute approximate surface area is 172 Å². The second-order valence-corrected chi connectivity index (χ2v) is 9.67. The van der Waals surface area contributed by atoms with Crippen molar-refractivity contribution in [3.05, 3.63) is 65.2 Å². The summed E-state index contributed by atoms with van der Waals surface area (Å²) < 4.78 is 32.7. The van der Waals surface area contributed by atoms with E-state index < -0.39 is 10.0 Å². The van der Waals surface area contributed by atoms with Crippen LogP contribution in [0.4, 0.5) is 0 Å².